The lowest BCUT2D eigenvalue weighted by molar-refractivity contribution is -0.133. The number of hydrogen-bond donors (Lipinski definition) is 2. The van der Waals surface area contributed by atoms with Gasteiger partial charge in [0.1, 0.15) is 6.61 Å². The van der Waals surface area contributed by atoms with Crippen molar-refractivity contribution in [3.63, 3.8) is 0 Å². The zero-order chi connectivity index (χ0) is 13.9. The van der Waals surface area contributed by atoms with Gasteiger partial charge in [-0.1, -0.05) is 11.8 Å². The predicted octanol–water partition coefficient (Wildman–Crippen LogP) is 0.516. The van der Waals surface area contributed by atoms with Crippen LogP contribution in [0.3, 0.4) is 0 Å². The van der Waals surface area contributed by atoms with Crippen LogP contribution in [0.1, 0.15) is 25.6 Å². The van der Waals surface area contributed by atoms with Crippen LogP contribution >= 0.6 is 11.8 Å². The third kappa shape index (κ3) is 3.46. The molecule has 106 valence electrons. The van der Waals surface area contributed by atoms with E-state index in [0.717, 1.165) is 31.2 Å². The molecular weight excluding hydrogens is 270 g/mol. The van der Waals surface area contributed by atoms with Crippen molar-refractivity contribution in [2.24, 2.45) is 0 Å². The minimum atomic E-state index is -0.909. The van der Waals surface area contributed by atoms with E-state index in [1.165, 1.54) is 0 Å². The summed E-state index contributed by atoms with van der Waals surface area (Å²) in [4.78, 5) is 10.6. The summed E-state index contributed by atoms with van der Waals surface area (Å²) >= 11 is 1.10. The van der Waals surface area contributed by atoms with Crippen molar-refractivity contribution in [1.29, 1.82) is 0 Å². The van der Waals surface area contributed by atoms with E-state index >= 15 is 0 Å². The summed E-state index contributed by atoms with van der Waals surface area (Å²) < 4.78 is 7.46. The molecule has 7 nitrogen and oxygen atoms in total. The van der Waals surface area contributed by atoms with Gasteiger partial charge in [0.05, 0.1) is 17.9 Å². The fourth-order valence-corrected chi connectivity index (χ4v) is 2.80. The maximum Gasteiger partial charge on any atom is 0.313 e. The van der Waals surface area contributed by atoms with Crippen LogP contribution in [0, 0.1) is 0 Å². The van der Waals surface area contributed by atoms with Crippen LogP contribution in [0.5, 0.6) is 0 Å². The molecule has 0 aliphatic carbocycles. The second-order valence-corrected chi connectivity index (χ2v) is 5.67. The maximum atomic E-state index is 10.6. The number of carboxylic acids is 1. The Labute approximate surface area is 115 Å². The fraction of sp³-hybridized carbons (Fsp3) is 0.727. The van der Waals surface area contributed by atoms with Crippen LogP contribution in [0.2, 0.25) is 0 Å². The lowest BCUT2D eigenvalue weighted by Gasteiger charge is -2.24. The Morgan fingerprint density at radius 2 is 2.37 bits per heavy atom. The topological polar surface area (TPSA) is 97.5 Å². The molecule has 1 aromatic heterocycles. The molecule has 1 saturated heterocycles. The molecule has 1 aliphatic rings. The second kappa shape index (κ2) is 5.89. The van der Waals surface area contributed by atoms with Gasteiger partial charge >= 0.3 is 5.97 Å². The van der Waals surface area contributed by atoms with E-state index in [4.69, 9.17) is 9.84 Å². The van der Waals surface area contributed by atoms with Crippen molar-refractivity contribution in [3.05, 3.63) is 5.82 Å². The van der Waals surface area contributed by atoms with E-state index in [1.54, 1.807) is 4.57 Å². The third-order valence-electron chi connectivity index (χ3n) is 3.05. The molecule has 2 heterocycles. The van der Waals surface area contributed by atoms with Gasteiger partial charge in [0.15, 0.2) is 11.0 Å². The lowest BCUT2D eigenvalue weighted by Crippen LogP contribution is -2.30. The molecule has 1 unspecified atom stereocenters. The van der Waals surface area contributed by atoms with Gasteiger partial charge in [-0.05, 0) is 19.8 Å². The zero-order valence-corrected chi connectivity index (χ0v) is 11.5. The number of hydrogen-bond acceptors (Lipinski definition) is 6. The van der Waals surface area contributed by atoms with Gasteiger partial charge in [0, 0.05) is 6.61 Å². The number of ether oxygens (including phenoxy) is 1. The van der Waals surface area contributed by atoms with Gasteiger partial charge < -0.3 is 19.5 Å². The fourth-order valence-electron chi connectivity index (χ4n) is 2.12. The molecule has 0 aromatic carbocycles. The predicted molar refractivity (Wildman–Crippen MR) is 67.9 cm³/mol. The highest BCUT2D eigenvalue weighted by Crippen LogP contribution is 2.29. The largest absolute Gasteiger partial charge is 0.481 e. The molecule has 8 heteroatoms. The van der Waals surface area contributed by atoms with Crippen LogP contribution in [0.15, 0.2) is 5.16 Å². The van der Waals surface area contributed by atoms with Crippen LogP contribution in [0.4, 0.5) is 0 Å². The van der Waals surface area contributed by atoms with Crippen LogP contribution in [-0.2, 0) is 22.7 Å². The molecule has 0 amide bonds. The lowest BCUT2D eigenvalue weighted by atomic mass is 10.0. The van der Waals surface area contributed by atoms with Gasteiger partial charge in [-0.2, -0.15) is 0 Å². The van der Waals surface area contributed by atoms with Gasteiger partial charge in [-0.15, -0.1) is 10.2 Å². The maximum absolute atomic E-state index is 10.6. The Hall–Kier alpha value is -1.12. The highest BCUT2D eigenvalue weighted by atomic mass is 32.2. The number of nitrogens with zero attached hydrogens (tertiary/aromatic N) is 3. The second-order valence-electron chi connectivity index (χ2n) is 4.73. The van der Waals surface area contributed by atoms with Crippen molar-refractivity contribution in [3.8, 4) is 0 Å². The average Bonchev–Trinajstić information content (AvgIpc) is 2.94. The average molecular weight is 287 g/mol. The van der Waals surface area contributed by atoms with Gasteiger partial charge in [0.25, 0.3) is 0 Å². The summed E-state index contributed by atoms with van der Waals surface area (Å²) in [5, 5.41) is 26.3. The minimum Gasteiger partial charge on any atom is -0.481 e. The van der Waals surface area contributed by atoms with E-state index in [2.05, 4.69) is 10.2 Å². The highest BCUT2D eigenvalue weighted by Gasteiger charge is 2.32. The summed E-state index contributed by atoms with van der Waals surface area (Å²) in [6, 6.07) is 0. The van der Waals surface area contributed by atoms with Crippen LogP contribution in [-0.4, -0.2) is 48.9 Å². The van der Waals surface area contributed by atoms with Crippen molar-refractivity contribution in [2.45, 2.75) is 43.7 Å². The third-order valence-corrected chi connectivity index (χ3v) is 4.00. The SMILES string of the molecule is CC1(Cn2c(CO)nnc2SCC(=O)O)CCCO1. The Balaban J connectivity index is 2.16. The Morgan fingerprint density at radius 1 is 1.58 bits per heavy atom. The number of carboxylic acid groups (broad SMARTS) is 1. The van der Waals surface area contributed by atoms with Crippen molar-refractivity contribution in [1.82, 2.24) is 14.8 Å². The molecule has 0 spiro atoms. The zero-order valence-electron chi connectivity index (χ0n) is 10.7. The first-order valence-electron chi connectivity index (χ1n) is 6.05. The molecule has 2 rings (SSSR count). The van der Waals surface area contributed by atoms with Crippen LogP contribution in [0.25, 0.3) is 0 Å². The standard InChI is InChI=1S/C11H17N3O4S/c1-11(3-2-4-18-11)7-14-8(5-15)12-13-10(14)19-6-9(16)17/h15H,2-7H2,1H3,(H,16,17). The molecule has 0 radical (unpaired) electrons. The molecule has 1 aliphatic heterocycles. The Morgan fingerprint density at radius 3 is 2.95 bits per heavy atom. The van der Waals surface area contributed by atoms with Crippen molar-refractivity contribution < 1.29 is 19.7 Å². The van der Waals surface area contributed by atoms with Crippen molar-refractivity contribution >= 4 is 17.7 Å². The molecule has 1 atom stereocenters. The van der Waals surface area contributed by atoms with E-state index in [0.29, 0.717) is 17.5 Å². The summed E-state index contributed by atoms with van der Waals surface area (Å²) in [5.74, 6) is -0.556. The number of aromatic nitrogens is 3. The molecule has 1 aromatic rings. The molecule has 0 saturated carbocycles. The first kappa shape index (κ1) is 14.3. The molecule has 0 bridgehead atoms. The highest BCUT2D eigenvalue weighted by molar-refractivity contribution is 7.99. The van der Waals surface area contributed by atoms with E-state index < -0.39 is 5.97 Å². The van der Waals surface area contributed by atoms with Gasteiger partial charge in [-0.25, -0.2) is 0 Å². The summed E-state index contributed by atoms with van der Waals surface area (Å²) in [5.41, 5.74) is -0.301. The molecule has 1 fully saturated rings. The number of aliphatic carboxylic acids is 1. The van der Waals surface area contributed by atoms with Gasteiger partial charge in [-0.3, -0.25) is 4.79 Å². The number of rotatable bonds is 6. The van der Waals surface area contributed by atoms with Gasteiger partial charge in [0.2, 0.25) is 0 Å². The van der Waals surface area contributed by atoms with Crippen molar-refractivity contribution in [2.75, 3.05) is 12.4 Å². The Kier molecular flexibility index (Phi) is 4.43. The van der Waals surface area contributed by atoms with E-state index in [9.17, 15) is 9.90 Å². The first-order chi connectivity index (χ1) is 9.04. The van der Waals surface area contributed by atoms with E-state index in [-0.39, 0.29) is 18.0 Å². The molecule has 19 heavy (non-hydrogen) atoms. The molecule has 2 N–H and O–H groups in total. The number of aliphatic hydroxyl groups is 1. The molecular formula is C11H17N3O4S. The summed E-state index contributed by atoms with van der Waals surface area (Å²) in [7, 11) is 0. The quantitative estimate of drug-likeness (QED) is 0.736. The minimum absolute atomic E-state index is 0.0822. The van der Waals surface area contributed by atoms with Crippen LogP contribution < -0.4 is 0 Å². The number of thioether (sulfide) groups is 1. The monoisotopic (exact) mass is 287 g/mol. The first-order valence-corrected chi connectivity index (χ1v) is 7.04. The smallest absolute Gasteiger partial charge is 0.313 e. The normalized spacial score (nSPS) is 22.8. The number of carbonyl (C=O) groups is 1. The number of aliphatic hydroxyl groups excluding tert-OH is 1. The van der Waals surface area contributed by atoms with E-state index in [1.807, 2.05) is 6.92 Å². The Bertz CT molecular complexity index is 457. The summed E-state index contributed by atoms with van der Waals surface area (Å²) in [6.45, 7) is 3.03. The summed E-state index contributed by atoms with van der Waals surface area (Å²) in [6.07, 6.45) is 1.93.